The van der Waals surface area contributed by atoms with Gasteiger partial charge in [0.15, 0.2) is 0 Å². The van der Waals surface area contributed by atoms with Crippen LogP contribution in [0.2, 0.25) is 0 Å². The first-order valence-electron chi connectivity index (χ1n) is 8.27. The molecule has 26 heavy (non-hydrogen) atoms. The van der Waals surface area contributed by atoms with Gasteiger partial charge in [0.1, 0.15) is 0 Å². The number of fused-ring (bicyclic) bond motifs is 3. The predicted molar refractivity (Wildman–Crippen MR) is 104 cm³/mol. The molecule has 3 aromatic carbocycles. The first-order valence-corrected chi connectivity index (χ1v) is 9.50. The van der Waals surface area contributed by atoms with Gasteiger partial charge >= 0.3 is 41.3 Å². The van der Waals surface area contributed by atoms with Crippen LogP contribution in [0.25, 0.3) is 21.5 Å². The van der Waals surface area contributed by atoms with Crippen LogP contribution in [0.3, 0.4) is 0 Å². The van der Waals surface area contributed by atoms with Gasteiger partial charge in [-0.1, -0.05) is 35.4 Å². The van der Waals surface area contributed by atoms with Crippen LogP contribution in [0.15, 0.2) is 60.7 Å². The van der Waals surface area contributed by atoms with Crippen LogP contribution in [-0.2, 0) is 24.2 Å². The van der Waals surface area contributed by atoms with E-state index in [0.29, 0.717) is 0 Å². The van der Waals surface area contributed by atoms with Crippen molar-refractivity contribution in [2.45, 2.75) is 34.1 Å². The third-order valence-electron chi connectivity index (χ3n) is 3.60. The molecular weight excluding hydrogens is 438 g/mol. The maximum absolute atomic E-state index is 2.99. The average Bonchev–Trinajstić information content (AvgIpc) is 3.16. The van der Waals surface area contributed by atoms with Gasteiger partial charge in [-0.25, -0.2) is 12.2 Å². The van der Waals surface area contributed by atoms with E-state index < -0.39 is 0 Å². The van der Waals surface area contributed by atoms with E-state index in [1.807, 2.05) is 12.2 Å². The minimum absolute atomic E-state index is 0. The molecule has 0 atom stereocenters. The minimum Gasteiger partial charge on any atom is -1.00 e. The van der Waals surface area contributed by atoms with Gasteiger partial charge in [-0.3, -0.25) is 6.08 Å². The Kier molecular flexibility index (Phi) is 12.1. The number of allylic oxidation sites excluding steroid dienone is 4. The van der Waals surface area contributed by atoms with Crippen LogP contribution >= 0.6 is 0 Å². The molecule has 1 aliphatic carbocycles. The molecule has 4 rings (SSSR count). The van der Waals surface area contributed by atoms with E-state index in [1.54, 1.807) is 24.2 Å². The molecule has 0 bridgehead atoms. The summed E-state index contributed by atoms with van der Waals surface area (Å²) in [7, 11) is 0. The van der Waals surface area contributed by atoms with Gasteiger partial charge in [0.2, 0.25) is 0 Å². The molecule has 0 spiro atoms. The largest absolute Gasteiger partial charge is 1.00 e. The molecule has 0 saturated carbocycles. The molecule has 0 aromatic heterocycles. The quantitative estimate of drug-likeness (QED) is 0.424. The molecule has 0 amide bonds. The zero-order valence-corrected chi connectivity index (χ0v) is 19.7. The summed E-state index contributed by atoms with van der Waals surface area (Å²) >= 11 is 1.55. The van der Waals surface area contributed by atoms with Crippen molar-refractivity contribution in [3.8, 4) is 0 Å². The third kappa shape index (κ3) is 7.79. The third-order valence-corrected chi connectivity index (χ3v) is 3.60. The molecular formula is C23H24Cl2Zr-2. The van der Waals surface area contributed by atoms with Crippen molar-refractivity contribution in [3.05, 3.63) is 77.9 Å². The Labute approximate surface area is 184 Å². The summed E-state index contributed by atoms with van der Waals surface area (Å²) in [5.74, 6) is 0. The Morgan fingerprint density at radius 2 is 1.38 bits per heavy atom. The maximum Gasteiger partial charge on any atom is -0.0469 e. The summed E-state index contributed by atoms with van der Waals surface area (Å²) in [6.07, 6.45) is 10.0. The summed E-state index contributed by atoms with van der Waals surface area (Å²) in [5, 5.41) is 5.46. The van der Waals surface area contributed by atoms with E-state index in [2.05, 4.69) is 82.3 Å². The zero-order valence-electron chi connectivity index (χ0n) is 15.7. The fraction of sp³-hybridized carbons (Fsp3) is 0.217. The van der Waals surface area contributed by atoms with E-state index in [9.17, 15) is 0 Å². The Morgan fingerprint density at radius 1 is 0.923 bits per heavy atom. The maximum atomic E-state index is 2.99. The number of aryl methyl sites for hydroxylation is 2. The second-order valence-corrected chi connectivity index (χ2v) is 8.79. The molecule has 0 unspecified atom stereocenters. The van der Waals surface area contributed by atoms with Crippen molar-refractivity contribution in [2.24, 2.45) is 0 Å². The van der Waals surface area contributed by atoms with E-state index in [0.717, 1.165) is 6.42 Å². The molecule has 3 heteroatoms. The topological polar surface area (TPSA) is 0 Å². The number of halogens is 2. The second-order valence-electron chi connectivity index (χ2n) is 6.33. The number of hydrogen-bond acceptors (Lipinski definition) is 0. The van der Waals surface area contributed by atoms with Crippen LogP contribution in [0, 0.1) is 19.9 Å². The monoisotopic (exact) mass is 460 g/mol. The standard InChI is InChI=1S/C15H13.C5H5.C3H6.2ClH.Zr/c1-10-3-5-14-12(7-10)9-13-8-11(2)4-6-15(13)14;1-2-4-5-3-1;1-3-2;;;/h3-9H,1-2H3;1-3H,4H2;1-2H3;2*1H;/q2*-1;;;;+2/p-2. The fourth-order valence-corrected chi connectivity index (χ4v) is 2.60. The molecule has 136 valence electrons. The van der Waals surface area contributed by atoms with Crippen LogP contribution in [0.4, 0.5) is 0 Å². The van der Waals surface area contributed by atoms with Crippen molar-refractivity contribution in [1.82, 2.24) is 0 Å². The Morgan fingerprint density at radius 3 is 1.69 bits per heavy atom. The van der Waals surface area contributed by atoms with Crippen molar-refractivity contribution in [1.29, 1.82) is 0 Å². The van der Waals surface area contributed by atoms with E-state index in [-0.39, 0.29) is 24.8 Å². The average molecular weight is 463 g/mol. The molecule has 0 radical (unpaired) electrons. The summed E-state index contributed by atoms with van der Waals surface area (Å²) < 4.78 is 1.51. The van der Waals surface area contributed by atoms with Crippen molar-refractivity contribution < 1.29 is 49.0 Å². The zero-order chi connectivity index (χ0) is 17.5. The van der Waals surface area contributed by atoms with E-state index in [1.165, 1.54) is 35.9 Å². The van der Waals surface area contributed by atoms with Crippen LogP contribution in [0.5, 0.6) is 0 Å². The minimum atomic E-state index is 0. The second kappa shape index (κ2) is 12.5. The van der Waals surface area contributed by atoms with Gasteiger partial charge in [-0.2, -0.15) is 6.08 Å². The van der Waals surface area contributed by atoms with Gasteiger partial charge in [0, 0.05) is 0 Å². The predicted octanol–water partition coefficient (Wildman–Crippen LogP) is 0.388. The van der Waals surface area contributed by atoms with E-state index >= 15 is 0 Å². The number of hydrogen-bond donors (Lipinski definition) is 0. The van der Waals surface area contributed by atoms with Gasteiger partial charge in [-0.15, -0.1) is 46.2 Å². The number of rotatable bonds is 0. The van der Waals surface area contributed by atoms with Crippen molar-refractivity contribution >= 4 is 24.8 Å². The summed E-state index contributed by atoms with van der Waals surface area (Å²) in [4.78, 5) is 0. The molecule has 0 nitrogen and oxygen atoms in total. The Bertz CT molecular complexity index is 831. The van der Waals surface area contributed by atoms with Crippen LogP contribution in [0.1, 0.15) is 31.4 Å². The molecule has 0 fully saturated rings. The van der Waals surface area contributed by atoms with Gasteiger partial charge in [0.05, 0.1) is 0 Å². The molecule has 0 N–H and O–H groups in total. The van der Waals surface area contributed by atoms with Crippen LogP contribution in [-0.4, -0.2) is 3.21 Å². The Hall–Kier alpha value is -0.877. The molecule has 3 aromatic rings. The first kappa shape index (κ1) is 25.1. The van der Waals surface area contributed by atoms with E-state index in [4.69, 9.17) is 0 Å². The molecule has 0 saturated heterocycles. The summed E-state index contributed by atoms with van der Waals surface area (Å²) in [5.41, 5.74) is 2.66. The fourth-order valence-electron chi connectivity index (χ4n) is 2.60. The Balaban J connectivity index is 0.000000480. The summed E-state index contributed by atoms with van der Waals surface area (Å²) in [6, 6.07) is 15.6. The van der Waals surface area contributed by atoms with Crippen LogP contribution < -0.4 is 24.8 Å². The molecule has 0 heterocycles. The number of benzene rings is 2. The smallest absolute Gasteiger partial charge is 0.0469 e. The summed E-state index contributed by atoms with van der Waals surface area (Å²) in [6.45, 7) is 8.53. The van der Waals surface area contributed by atoms with Crippen molar-refractivity contribution in [2.75, 3.05) is 0 Å². The van der Waals surface area contributed by atoms with Crippen molar-refractivity contribution in [3.63, 3.8) is 0 Å². The SMILES string of the molecule is C[C](C)=[Zr+2].Cc1ccc2c(c1)[cH-]c1cc(C)ccc12.[C-]1=CC=CC1.[Cl-].[Cl-]. The molecule has 0 aliphatic heterocycles. The molecule has 1 aliphatic rings. The van der Waals surface area contributed by atoms with Gasteiger partial charge < -0.3 is 24.8 Å². The van der Waals surface area contributed by atoms with Gasteiger partial charge in [-0.05, 0) is 13.8 Å². The normalized spacial score (nSPS) is 11.0. The first-order chi connectivity index (χ1) is 11.5. The van der Waals surface area contributed by atoms with Gasteiger partial charge in [0.25, 0.3) is 0 Å².